The first-order valence-corrected chi connectivity index (χ1v) is 8.82. The Kier molecular flexibility index (Phi) is 3.39. The van der Waals surface area contributed by atoms with E-state index in [1.165, 1.54) is 19.3 Å². The van der Waals surface area contributed by atoms with Crippen molar-refractivity contribution < 1.29 is 8.42 Å². The zero-order valence-electron chi connectivity index (χ0n) is 12.1. The van der Waals surface area contributed by atoms with Gasteiger partial charge in [0.2, 0.25) is 0 Å². The molecule has 0 spiro atoms. The Bertz CT molecular complexity index is 606. The number of hydrogen-bond donors (Lipinski definition) is 1. The van der Waals surface area contributed by atoms with Crippen LogP contribution in [0, 0.1) is 0 Å². The van der Waals surface area contributed by atoms with Gasteiger partial charge in [0.25, 0.3) is 0 Å². The summed E-state index contributed by atoms with van der Waals surface area (Å²) in [6.07, 6.45) is 3.64. The highest BCUT2D eigenvalue weighted by Crippen LogP contribution is 2.38. The number of fused-ring (bicyclic) bond motifs is 1. The van der Waals surface area contributed by atoms with E-state index in [1.807, 2.05) is 12.1 Å². The molecule has 1 aliphatic carbocycles. The summed E-state index contributed by atoms with van der Waals surface area (Å²) in [4.78, 5) is 2.78. The number of nitrogens with one attached hydrogen (secondary N) is 1. The van der Waals surface area contributed by atoms with Gasteiger partial charge in [-0.2, -0.15) is 0 Å². The molecule has 0 bridgehead atoms. The lowest BCUT2D eigenvalue weighted by atomic mass is 9.75. The molecule has 1 aromatic carbocycles. The molecule has 1 unspecified atom stereocenters. The van der Waals surface area contributed by atoms with E-state index in [2.05, 4.69) is 24.3 Å². The first-order chi connectivity index (χ1) is 9.45. The lowest BCUT2D eigenvalue weighted by molar-refractivity contribution is 0.0578. The van der Waals surface area contributed by atoms with Crippen LogP contribution in [0.1, 0.15) is 30.9 Å². The van der Waals surface area contributed by atoms with Crippen molar-refractivity contribution in [3.05, 3.63) is 29.8 Å². The molecule has 0 saturated heterocycles. The van der Waals surface area contributed by atoms with Gasteiger partial charge >= 0.3 is 0 Å². The minimum atomic E-state index is -3.11. The Hall–Kier alpha value is -0.910. The fourth-order valence-electron chi connectivity index (χ4n) is 3.30. The number of hydrogen-bond acceptors (Lipinski definition) is 4. The van der Waals surface area contributed by atoms with E-state index >= 15 is 0 Å². The zero-order valence-corrected chi connectivity index (χ0v) is 12.9. The van der Waals surface area contributed by atoms with Gasteiger partial charge in [-0.3, -0.25) is 0 Å². The van der Waals surface area contributed by atoms with E-state index < -0.39 is 9.84 Å². The van der Waals surface area contributed by atoms with E-state index in [4.69, 9.17) is 0 Å². The smallest absolute Gasteiger partial charge is 0.180 e. The second-order valence-corrected chi connectivity index (χ2v) is 8.23. The molecule has 0 radical (unpaired) electrons. The van der Waals surface area contributed by atoms with Crippen LogP contribution in [0.15, 0.2) is 29.2 Å². The number of nitrogens with zero attached hydrogens (tertiary/aromatic N) is 1. The normalized spacial score (nSPS) is 26.2. The maximum Gasteiger partial charge on any atom is 0.180 e. The molecule has 1 fully saturated rings. The monoisotopic (exact) mass is 294 g/mol. The van der Waals surface area contributed by atoms with Gasteiger partial charge in [-0.05, 0) is 45.0 Å². The summed E-state index contributed by atoms with van der Waals surface area (Å²) in [5.74, 6) is 0.190. The maximum absolute atomic E-state index is 12.2. The molecule has 20 heavy (non-hydrogen) atoms. The van der Waals surface area contributed by atoms with Crippen LogP contribution < -0.4 is 5.32 Å². The van der Waals surface area contributed by atoms with E-state index in [1.54, 1.807) is 12.1 Å². The average molecular weight is 294 g/mol. The van der Waals surface area contributed by atoms with Crippen molar-refractivity contribution in [3.8, 4) is 0 Å². The molecular weight excluding hydrogens is 272 g/mol. The molecule has 5 heteroatoms. The van der Waals surface area contributed by atoms with Crippen LogP contribution in [0.4, 0.5) is 0 Å². The van der Waals surface area contributed by atoms with E-state index in [0.29, 0.717) is 4.90 Å². The van der Waals surface area contributed by atoms with Crippen molar-refractivity contribution in [1.82, 2.24) is 10.2 Å². The molecule has 1 heterocycles. The standard InChI is InChI=1S/C15H22N2O2S/c1-17(2)15(8-5-9-15)11-16-13-10-20(18,19)14-7-4-3-6-12(13)14/h3-4,6-7,13,16H,5,8-11H2,1-2H3. The summed E-state index contributed by atoms with van der Waals surface area (Å²) in [7, 11) is 1.12. The molecule has 0 aromatic heterocycles. The molecule has 2 aliphatic rings. The number of sulfone groups is 1. The van der Waals surface area contributed by atoms with Crippen LogP contribution in [-0.4, -0.2) is 45.2 Å². The largest absolute Gasteiger partial charge is 0.307 e. The van der Waals surface area contributed by atoms with Gasteiger partial charge in [-0.15, -0.1) is 0 Å². The topological polar surface area (TPSA) is 49.4 Å². The van der Waals surface area contributed by atoms with Crippen molar-refractivity contribution in [2.75, 3.05) is 26.4 Å². The Morgan fingerprint density at radius 2 is 2.00 bits per heavy atom. The van der Waals surface area contributed by atoms with Gasteiger partial charge < -0.3 is 10.2 Å². The van der Waals surface area contributed by atoms with Crippen LogP contribution in [-0.2, 0) is 9.84 Å². The lowest BCUT2D eigenvalue weighted by Gasteiger charge is -2.48. The molecule has 1 saturated carbocycles. The van der Waals surface area contributed by atoms with Gasteiger partial charge in [0.15, 0.2) is 9.84 Å². The van der Waals surface area contributed by atoms with Gasteiger partial charge in [0.1, 0.15) is 0 Å². The summed E-state index contributed by atoms with van der Waals surface area (Å²) in [5, 5.41) is 3.50. The number of likely N-dealkylation sites (N-methyl/N-ethyl adjacent to an activating group) is 1. The average Bonchev–Trinajstić information content (AvgIpc) is 2.60. The highest BCUT2D eigenvalue weighted by Gasteiger charge is 2.41. The fourth-order valence-corrected chi connectivity index (χ4v) is 5.07. The van der Waals surface area contributed by atoms with Crippen molar-refractivity contribution in [3.63, 3.8) is 0 Å². The summed E-state index contributed by atoms with van der Waals surface area (Å²) >= 11 is 0. The van der Waals surface area contributed by atoms with E-state index in [9.17, 15) is 8.42 Å². The van der Waals surface area contributed by atoms with Crippen molar-refractivity contribution in [2.24, 2.45) is 0 Å². The van der Waals surface area contributed by atoms with Crippen LogP contribution in [0.5, 0.6) is 0 Å². The Labute approximate surface area is 121 Å². The molecule has 1 atom stereocenters. The molecule has 4 nitrogen and oxygen atoms in total. The highest BCUT2D eigenvalue weighted by molar-refractivity contribution is 7.91. The van der Waals surface area contributed by atoms with Crippen LogP contribution in [0.3, 0.4) is 0 Å². The molecule has 110 valence electrons. The fraction of sp³-hybridized carbons (Fsp3) is 0.600. The molecular formula is C15H22N2O2S. The number of benzene rings is 1. The van der Waals surface area contributed by atoms with Gasteiger partial charge in [0, 0.05) is 18.1 Å². The van der Waals surface area contributed by atoms with Gasteiger partial charge in [-0.1, -0.05) is 18.2 Å². The van der Waals surface area contributed by atoms with E-state index in [-0.39, 0.29) is 17.3 Å². The highest BCUT2D eigenvalue weighted by atomic mass is 32.2. The summed E-state index contributed by atoms with van der Waals surface area (Å²) in [6.45, 7) is 0.856. The molecule has 0 amide bonds. The third kappa shape index (κ3) is 2.18. The summed E-state index contributed by atoms with van der Waals surface area (Å²) < 4.78 is 24.3. The minimum absolute atomic E-state index is 0.0615. The van der Waals surface area contributed by atoms with Crippen LogP contribution in [0.2, 0.25) is 0 Å². The number of rotatable bonds is 4. The lowest BCUT2D eigenvalue weighted by Crippen LogP contribution is -2.56. The third-order valence-electron chi connectivity index (χ3n) is 4.93. The SMILES string of the molecule is CN(C)C1(CNC2CS(=O)(=O)c3ccccc32)CCC1. The molecule has 1 aromatic rings. The Morgan fingerprint density at radius 1 is 1.30 bits per heavy atom. The predicted octanol–water partition coefficient (Wildman–Crippen LogP) is 1.59. The zero-order chi connectivity index (χ0) is 14.4. The predicted molar refractivity (Wildman–Crippen MR) is 79.5 cm³/mol. The third-order valence-corrected chi connectivity index (χ3v) is 6.74. The molecule has 1 N–H and O–H groups in total. The minimum Gasteiger partial charge on any atom is -0.307 e. The van der Waals surface area contributed by atoms with Crippen molar-refractivity contribution >= 4 is 9.84 Å². The molecule has 3 rings (SSSR count). The summed E-state index contributed by atoms with van der Waals surface area (Å²) in [6, 6.07) is 7.30. The maximum atomic E-state index is 12.2. The van der Waals surface area contributed by atoms with Crippen LogP contribution in [0.25, 0.3) is 0 Å². The second-order valence-electron chi connectivity index (χ2n) is 6.23. The first-order valence-electron chi connectivity index (χ1n) is 7.17. The van der Waals surface area contributed by atoms with Gasteiger partial charge in [0.05, 0.1) is 10.6 Å². The van der Waals surface area contributed by atoms with Crippen LogP contribution >= 0.6 is 0 Å². The van der Waals surface area contributed by atoms with E-state index in [0.717, 1.165) is 12.1 Å². The Morgan fingerprint density at radius 3 is 2.60 bits per heavy atom. The second kappa shape index (κ2) is 4.83. The van der Waals surface area contributed by atoms with Crippen molar-refractivity contribution in [1.29, 1.82) is 0 Å². The molecule has 1 aliphatic heterocycles. The Balaban J connectivity index is 1.77. The first kappa shape index (κ1) is 14.0. The van der Waals surface area contributed by atoms with Crippen molar-refractivity contribution in [2.45, 2.75) is 35.7 Å². The quantitative estimate of drug-likeness (QED) is 0.916. The van der Waals surface area contributed by atoms with Gasteiger partial charge in [-0.25, -0.2) is 8.42 Å². The summed E-state index contributed by atoms with van der Waals surface area (Å²) in [5.41, 5.74) is 1.14.